The first-order valence-corrected chi connectivity index (χ1v) is 11.1. The lowest BCUT2D eigenvalue weighted by Crippen LogP contribution is -2.31. The fraction of sp³-hybridized carbons (Fsp3) is 0.259. The first-order chi connectivity index (χ1) is 16.4. The van der Waals surface area contributed by atoms with Crippen molar-refractivity contribution in [2.24, 2.45) is 0 Å². The van der Waals surface area contributed by atoms with E-state index in [-0.39, 0.29) is 36.6 Å². The van der Waals surface area contributed by atoms with E-state index in [1.807, 2.05) is 36.4 Å². The summed E-state index contributed by atoms with van der Waals surface area (Å²) in [6.07, 6.45) is -3.12. The lowest BCUT2D eigenvalue weighted by molar-refractivity contribution is 0.0128. The van der Waals surface area contributed by atoms with Crippen LogP contribution in [0.5, 0.6) is 0 Å². The Morgan fingerprint density at radius 3 is 2.29 bits per heavy atom. The van der Waals surface area contributed by atoms with Crippen molar-refractivity contribution in [1.29, 1.82) is 0 Å². The third-order valence-corrected chi connectivity index (χ3v) is 6.28. The topological polar surface area (TPSA) is 95.9 Å². The van der Waals surface area contributed by atoms with Crippen LogP contribution in [0.3, 0.4) is 0 Å². The molecule has 2 unspecified atom stereocenters. The molecule has 0 heterocycles. The Kier molecular flexibility index (Phi) is 7.05. The van der Waals surface area contributed by atoms with E-state index in [1.165, 1.54) is 6.07 Å². The van der Waals surface area contributed by atoms with Gasteiger partial charge in [-0.2, -0.15) is 0 Å². The first-order valence-electron chi connectivity index (χ1n) is 11.1. The number of aryl methyl sites for hydroxylation is 1. The molecular weight excluding hydrogens is 437 g/mol. The van der Waals surface area contributed by atoms with Crippen LogP contribution in [0.15, 0.2) is 60.7 Å². The number of carbonyl (C=O) groups is 2. The summed E-state index contributed by atoms with van der Waals surface area (Å²) in [5.41, 5.74) is 4.72. The number of hydrogen-bond donors (Lipinski definition) is 3. The van der Waals surface area contributed by atoms with Crippen LogP contribution in [0.2, 0.25) is 0 Å². The van der Waals surface area contributed by atoms with Gasteiger partial charge in [-0.3, -0.25) is 4.79 Å². The van der Waals surface area contributed by atoms with Gasteiger partial charge >= 0.3 is 6.09 Å². The number of rotatable bonds is 8. The van der Waals surface area contributed by atoms with Crippen molar-refractivity contribution in [1.82, 2.24) is 5.32 Å². The largest absolute Gasteiger partial charge is 0.449 e. The van der Waals surface area contributed by atoms with Gasteiger partial charge in [0.15, 0.2) is 6.29 Å². The minimum atomic E-state index is -1.47. The quantitative estimate of drug-likeness (QED) is 0.434. The van der Waals surface area contributed by atoms with Gasteiger partial charge in [0.05, 0.1) is 11.7 Å². The molecule has 34 heavy (non-hydrogen) atoms. The predicted molar refractivity (Wildman–Crippen MR) is 125 cm³/mol. The van der Waals surface area contributed by atoms with E-state index in [1.54, 1.807) is 6.92 Å². The highest BCUT2D eigenvalue weighted by Crippen LogP contribution is 2.44. The van der Waals surface area contributed by atoms with Crippen LogP contribution in [-0.4, -0.2) is 41.8 Å². The number of aldehydes is 1. The number of hydrogen-bond acceptors (Lipinski definition) is 5. The van der Waals surface area contributed by atoms with E-state index in [9.17, 15) is 24.2 Å². The van der Waals surface area contributed by atoms with Crippen LogP contribution < -0.4 is 5.32 Å². The van der Waals surface area contributed by atoms with Gasteiger partial charge in [0, 0.05) is 12.5 Å². The molecule has 4 rings (SSSR count). The van der Waals surface area contributed by atoms with Gasteiger partial charge in [-0.1, -0.05) is 54.6 Å². The van der Waals surface area contributed by atoms with Gasteiger partial charge < -0.3 is 20.3 Å². The molecule has 0 bridgehead atoms. The van der Waals surface area contributed by atoms with Crippen LogP contribution in [0.1, 0.15) is 51.1 Å². The van der Waals surface area contributed by atoms with Gasteiger partial charge in [-0.15, -0.1) is 0 Å². The number of amides is 1. The maximum Gasteiger partial charge on any atom is 0.407 e. The molecule has 6 nitrogen and oxygen atoms in total. The van der Waals surface area contributed by atoms with E-state index in [0.717, 1.165) is 28.3 Å². The normalized spacial score (nSPS) is 14.1. The summed E-state index contributed by atoms with van der Waals surface area (Å²) in [5.74, 6) is -0.832. The highest BCUT2D eigenvalue weighted by atomic mass is 19.1. The Hall–Kier alpha value is -3.55. The summed E-state index contributed by atoms with van der Waals surface area (Å²) in [6, 6.07) is 18.6. The smallest absolute Gasteiger partial charge is 0.407 e. The zero-order valence-corrected chi connectivity index (χ0v) is 18.7. The molecule has 3 aromatic rings. The summed E-state index contributed by atoms with van der Waals surface area (Å²) in [4.78, 5) is 23.5. The van der Waals surface area contributed by atoms with Crippen molar-refractivity contribution in [2.75, 3.05) is 13.2 Å². The molecular formula is C27H26FNO5. The molecule has 176 valence electrons. The summed E-state index contributed by atoms with van der Waals surface area (Å²) in [7, 11) is 0. The Bertz CT molecular complexity index is 1170. The van der Waals surface area contributed by atoms with Gasteiger partial charge in [0.2, 0.25) is 0 Å². The fourth-order valence-electron chi connectivity index (χ4n) is 4.55. The van der Waals surface area contributed by atoms with Crippen molar-refractivity contribution in [3.05, 3.63) is 94.3 Å². The van der Waals surface area contributed by atoms with E-state index in [0.29, 0.717) is 11.8 Å². The van der Waals surface area contributed by atoms with Crippen LogP contribution in [0.4, 0.5) is 9.18 Å². The molecule has 1 aliphatic rings. The third kappa shape index (κ3) is 4.58. The zero-order valence-electron chi connectivity index (χ0n) is 18.7. The number of halogens is 1. The van der Waals surface area contributed by atoms with Crippen molar-refractivity contribution < 1.29 is 28.9 Å². The fourth-order valence-corrected chi connectivity index (χ4v) is 4.55. The van der Waals surface area contributed by atoms with Gasteiger partial charge in [0.25, 0.3) is 0 Å². The standard InChI is InChI=1S/C27H26FNO5/c1-16-10-11-23(28)21(14-30)25(16)26(32)24(31)12-13-29-27(33)34-15-22-19-8-4-2-6-17(19)18-7-3-5-9-20(18)22/h2-11,14,22,24,26,31-32H,12-13,15H2,1H3,(H,29,33). The van der Waals surface area contributed by atoms with Gasteiger partial charge in [0.1, 0.15) is 18.5 Å². The molecule has 0 aliphatic heterocycles. The van der Waals surface area contributed by atoms with Crippen LogP contribution in [-0.2, 0) is 4.74 Å². The molecule has 0 aromatic heterocycles. The second-order valence-electron chi connectivity index (χ2n) is 8.36. The maximum absolute atomic E-state index is 13.9. The van der Waals surface area contributed by atoms with E-state index in [4.69, 9.17) is 4.74 Å². The number of benzene rings is 3. The second-order valence-corrected chi connectivity index (χ2v) is 8.36. The van der Waals surface area contributed by atoms with Crippen molar-refractivity contribution >= 4 is 12.4 Å². The highest BCUT2D eigenvalue weighted by molar-refractivity contribution is 5.79. The van der Waals surface area contributed by atoms with Crippen LogP contribution in [0.25, 0.3) is 11.1 Å². The minimum absolute atomic E-state index is 0.0143. The number of carbonyl (C=O) groups excluding carboxylic acids is 2. The van der Waals surface area contributed by atoms with Crippen molar-refractivity contribution in [3.63, 3.8) is 0 Å². The summed E-state index contributed by atoms with van der Waals surface area (Å²) in [5, 5.41) is 23.4. The second kappa shape index (κ2) is 10.2. The average molecular weight is 464 g/mol. The van der Waals surface area contributed by atoms with E-state index < -0.39 is 24.1 Å². The Morgan fingerprint density at radius 1 is 1.06 bits per heavy atom. The number of nitrogens with one attached hydrogen (secondary N) is 1. The molecule has 1 amide bonds. The van der Waals surface area contributed by atoms with Crippen LogP contribution in [0, 0.1) is 12.7 Å². The number of aliphatic hydroxyl groups is 2. The number of aliphatic hydroxyl groups excluding tert-OH is 2. The number of ether oxygens (including phenoxy) is 1. The zero-order chi connectivity index (χ0) is 24.2. The Balaban J connectivity index is 1.32. The van der Waals surface area contributed by atoms with E-state index >= 15 is 0 Å². The molecule has 0 saturated carbocycles. The lowest BCUT2D eigenvalue weighted by atomic mass is 9.93. The Labute approximate surface area is 197 Å². The monoisotopic (exact) mass is 463 g/mol. The lowest BCUT2D eigenvalue weighted by Gasteiger charge is -2.22. The highest BCUT2D eigenvalue weighted by Gasteiger charge is 2.29. The van der Waals surface area contributed by atoms with Crippen molar-refractivity contribution in [3.8, 4) is 11.1 Å². The van der Waals surface area contributed by atoms with Gasteiger partial charge in [-0.05, 0) is 52.8 Å². The average Bonchev–Trinajstić information content (AvgIpc) is 3.17. The summed E-state index contributed by atoms with van der Waals surface area (Å²) >= 11 is 0. The maximum atomic E-state index is 13.9. The summed E-state index contributed by atoms with van der Waals surface area (Å²) < 4.78 is 19.4. The minimum Gasteiger partial charge on any atom is -0.449 e. The van der Waals surface area contributed by atoms with E-state index in [2.05, 4.69) is 17.4 Å². The predicted octanol–water partition coefficient (Wildman–Crippen LogP) is 4.27. The first kappa shape index (κ1) is 23.6. The molecule has 7 heteroatoms. The number of fused-ring (bicyclic) bond motifs is 3. The third-order valence-electron chi connectivity index (χ3n) is 6.28. The molecule has 3 aromatic carbocycles. The van der Waals surface area contributed by atoms with Gasteiger partial charge in [-0.25, -0.2) is 9.18 Å². The number of alkyl carbamates (subject to hydrolysis) is 1. The molecule has 0 saturated heterocycles. The molecule has 1 aliphatic carbocycles. The van der Waals surface area contributed by atoms with Crippen molar-refractivity contribution in [2.45, 2.75) is 31.5 Å². The molecule has 0 fully saturated rings. The Morgan fingerprint density at radius 2 is 1.68 bits per heavy atom. The molecule has 0 spiro atoms. The summed E-state index contributed by atoms with van der Waals surface area (Å²) in [6.45, 7) is 1.81. The molecule has 0 radical (unpaired) electrons. The molecule has 2 atom stereocenters. The van der Waals surface area contributed by atoms with Crippen LogP contribution >= 0.6 is 0 Å². The molecule has 3 N–H and O–H groups in total. The SMILES string of the molecule is Cc1ccc(F)c(C=O)c1C(O)C(O)CCNC(=O)OCC1c2ccccc2-c2ccccc21.